The maximum absolute atomic E-state index is 5.08. The van der Waals surface area contributed by atoms with Gasteiger partial charge in [-0.2, -0.15) is 0 Å². The van der Waals surface area contributed by atoms with Crippen LogP contribution in [0.4, 0.5) is 0 Å². The van der Waals surface area contributed by atoms with Gasteiger partial charge in [0.05, 0.1) is 12.3 Å². The van der Waals surface area contributed by atoms with E-state index in [1.165, 1.54) is 5.69 Å². The molecule has 1 fully saturated rings. The Balaban J connectivity index is 1.91. The van der Waals surface area contributed by atoms with Gasteiger partial charge in [0.1, 0.15) is 5.01 Å². The summed E-state index contributed by atoms with van der Waals surface area (Å²) >= 11 is 1.69. The Kier molecular flexibility index (Phi) is 4.29. The Bertz CT molecular complexity index is 329. The molecule has 5 heteroatoms. The maximum atomic E-state index is 5.08. The average molecular weight is 241 g/mol. The third-order valence-electron chi connectivity index (χ3n) is 2.87. The molecule has 0 spiro atoms. The fourth-order valence-corrected chi connectivity index (χ4v) is 2.69. The summed E-state index contributed by atoms with van der Waals surface area (Å²) in [6, 6.07) is 0.598. The first kappa shape index (κ1) is 12.0. The Morgan fingerprint density at radius 2 is 2.56 bits per heavy atom. The number of methoxy groups -OCH3 is 1. The Morgan fingerprint density at radius 1 is 1.69 bits per heavy atom. The monoisotopic (exact) mass is 241 g/mol. The molecule has 16 heavy (non-hydrogen) atoms. The van der Waals surface area contributed by atoms with E-state index in [9.17, 15) is 0 Å². The minimum atomic E-state index is 0.598. The van der Waals surface area contributed by atoms with Gasteiger partial charge < -0.3 is 10.1 Å². The first-order valence-electron chi connectivity index (χ1n) is 5.66. The van der Waals surface area contributed by atoms with Crippen LogP contribution in [0.2, 0.25) is 0 Å². The number of nitrogens with one attached hydrogen (secondary N) is 1. The summed E-state index contributed by atoms with van der Waals surface area (Å²) in [6.45, 7) is 7.12. The molecule has 1 saturated heterocycles. The van der Waals surface area contributed by atoms with E-state index >= 15 is 0 Å². The van der Waals surface area contributed by atoms with E-state index < -0.39 is 0 Å². The number of thiazole rings is 1. The predicted molar refractivity (Wildman–Crippen MR) is 65.6 cm³/mol. The molecular formula is C11H19N3OS. The molecule has 90 valence electrons. The maximum Gasteiger partial charge on any atom is 0.119 e. The van der Waals surface area contributed by atoms with Crippen molar-refractivity contribution < 1.29 is 4.74 Å². The highest BCUT2D eigenvalue weighted by Gasteiger charge is 2.18. The third-order valence-corrected chi connectivity index (χ3v) is 3.74. The van der Waals surface area contributed by atoms with E-state index in [1.54, 1.807) is 18.4 Å². The standard InChI is InChI=1S/C11H19N3OS/c1-9-5-12-3-4-14(9)6-10-8-16-11(13-10)7-15-2/h8-9,12H,3-7H2,1-2H3/t9-/m1/s1. The van der Waals surface area contributed by atoms with Gasteiger partial charge in [0, 0.05) is 44.7 Å². The van der Waals surface area contributed by atoms with Crippen molar-refractivity contribution >= 4 is 11.3 Å². The molecule has 1 aromatic rings. The summed E-state index contributed by atoms with van der Waals surface area (Å²) in [6.07, 6.45) is 0. The molecule has 2 heterocycles. The van der Waals surface area contributed by atoms with Crippen LogP contribution in [0.1, 0.15) is 17.6 Å². The molecule has 0 unspecified atom stereocenters. The van der Waals surface area contributed by atoms with Crippen LogP contribution in [0.5, 0.6) is 0 Å². The molecule has 0 radical (unpaired) electrons. The summed E-state index contributed by atoms with van der Waals surface area (Å²) < 4.78 is 5.08. The van der Waals surface area contributed by atoms with Crippen molar-refractivity contribution in [2.24, 2.45) is 0 Å². The van der Waals surface area contributed by atoms with Gasteiger partial charge in [-0.15, -0.1) is 11.3 Å². The van der Waals surface area contributed by atoms with Crippen molar-refractivity contribution in [1.29, 1.82) is 0 Å². The van der Waals surface area contributed by atoms with Crippen LogP contribution in [0.25, 0.3) is 0 Å². The number of ether oxygens (including phenoxy) is 1. The van der Waals surface area contributed by atoms with E-state index in [0.717, 1.165) is 31.2 Å². The van der Waals surface area contributed by atoms with Crippen molar-refractivity contribution in [3.05, 3.63) is 16.1 Å². The van der Waals surface area contributed by atoms with E-state index in [2.05, 4.69) is 27.5 Å². The second-order valence-corrected chi connectivity index (χ2v) is 5.13. The number of aromatic nitrogens is 1. The number of hydrogen-bond acceptors (Lipinski definition) is 5. The van der Waals surface area contributed by atoms with E-state index in [-0.39, 0.29) is 0 Å². The fraction of sp³-hybridized carbons (Fsp3) is 0.727. The quantitative estimate of drug-likeness (QED) is 0.856. The van der Waals surface area contributed by atoms with Crippen LogP contribution in [-0.2, 0) is 17.9 Å². The second kappa shape index (κ2) is 5.72. The lowest BCUT2D eigenvalue weighted by Crippen LogP contribution is -2.49. The SMILES string of the molecule is COCc1nc(CN2CCNC[C@H]2C)cs1. The molecular weight excluding hydrogens is 222 g/mol. The van der Waals surface area contributed by atoms with Crippen LogP contribution in [0, 0.1) is 0 Å². The third kappa shape index (κ3) is 3.01. The lowest BCUT2D eigenvalue weighted by Gasteiger charge is -2.33. The van der Waals surface area contributed by atoms with Crippen LogP contribution in [0.15, 0.2) is 5.38 Å². The van der Waals surface area contributed by atoms with Crippen molar-refractivity contribution in [2.75, 3.05) is 26.7 Å². The van der Waals surface area contributed by atoms with Crippen LogP contribution in [0.3, 0.4) is 0 Å². The van der Waals surface area contributed by atoms with Gasteiger partial charge in [-0.05, 0) is 6.92 Å². The van der Waals surface area contributed by atoms with Crippen LogP contribution in [-0.4, -0.2) is 42.7 Å². The lowest BCUT2D eigenvalue weighted by atomic mass is 10.2. The van der Waals surface area contributed by atoms with Crippen molar-refractivity contribution in [3.63, 3.8) is 0 Å². The van der Waals surface area contributed by atoms with E-state index in [0.29, 0.717) is 12.6 Å². The normalized spacial score (nSPS) is 22.5. The smallest absolute Gasteiger partial charge is 0.119 e. The molecule has 4 nitrogen and oxygen atoms in total. The molecule has 1 aliphatic heterocycles. The molecule has 1 N–H and O–H groups in total. The van der Waals surface area contributed by atoms with Gasteiger partial charge in [0.15, 0.2) is 0 Å². The number of piperazine rings is 1. The average Bonchev–Trinajstić information content (AvgIpc) is 2.70. The first-order chi connectivity index (χ1) is 7.79. The Labute approximate surface area is 101 Å². The van der Waals surface area contributed by atoms with Gasteiger partial charge in [-0.25, -0.2) is 4.98 Å². The topological polar surface area (TPSA) is 37.4 Å². The van der Waals surface area contributed by atoms with Crippen molar-refractivity contribution in [3.8, 4) is 0 Å². The van der Waals surface area contributed by atoms with E-state index in [1.807, 2.05) is 0 Å². The number of nitrogens with zero attached hydrogens (tertiary/aromatic N) is 2. The van der Waals surface area contributed by atoms with Crippen LogP contribution >= 0.6 is 11.3 Å². The highest BCUT2D eigenvalue weighted by Crippen LogP contribution is 2.14. The molecule has 1 aliphatic rings. The zero-order valence-corrected chi connectivity index (χ0v) is 10.7. The van der Waals surface area contributed by atoms with Gasteiger partial charge in [0.2, 0.25) is 0 Å². The van der Waals surface area contributed by atoms with E-state index in [4.69, 9.17) is 4.74 Å². The highest BCUT2D eigenvalue weighted by atomic mass is 32.1. The Morgan fingerprint density at radius 3 is 3.31 bits per heavy atom. The summed E-state index contributed by atoms with van der Waals surface area (Å²) in [4.78, 5) is 7.03. The molecule has 1 atom stereocenters. The molecule has 0 aromatic carbocycles. The highest BCUT2D eigenvalue weighted by molar-refractivity contribution is 7.09. The van der Waals surface area contributed by atoms with Crippen LogP contribution < -0.4 is 5.32 Å². The molecule has 0 amide bonds. The summed E-state index contributed by atoms with van der Waals surface area (Å²) in [5, 5.41) is 6.61. The fourth-order valence-electron chi connectivity index (χ4n) is 1.94. The summed E-state index contributed by atoms with van der Waals surface area (Å²) in [7, 11) is 1.71. The number of hydrogen-bond donors (Lipinski definition) is 1. The van der Waals surface area contributed by atoms with Gasteiger partial charge >= 0.3 is 0 Å². The van der Waals surface area contributed by atoms with Gasteiger partial charge in [-0.3, -0.25) is 4.90 Å². The van der Waals surface area contributed by atoms with Crippen molar-refractivity contribution in [2.45, 2.75) is 26.1 Å². The zero-order chi connectivity index (χ0) is 11.4. The van der Waals surface area contributed by atoms with Gasteiger partial charge in [0.25, 0.3) is 0 Å². The zero-order valence-electron chi connectivity index (χ0n) is 9.90. The first-order valence-corrected chi connectivity index (χ1v) is 6.54. The minimum Gasteiger partial charge on any atom is -0.378 e. The molecule has 0 bridgehead atoms. The largest absolute Gasteiger partial charge is 0.378 e. The van der Waals surface area contributed by atoms with Crippen molar-refractivity contribution in [1.82, 2.24) is 15.2 Å². The predicted octanol–water partition coefficient (Wildman–Crippen LogP) is 1.08. The number of rotatable bonds is 4. The molecule has 0 aliphatic carbocycles. The van der Waals surface area contributed by atoms with Gasteiger partial charge in [-0.1, -0.05) is 0 Å². The summed E-state index contributed by atoms with van der Waals surface area (Å²) in [5.41, 5.74) is 1.17. The molecule has 0 saturated carbocycles. The summed E-state index contributed by atoms with van der Waals surface area (Å²) in [5.74, 6) is 0. The second-order valence-electron chi connectivity index (χ2n) is 4.19. The molecule has 2 rings (SSSR count). The minimum absolute atomic E-state index is 0.598. The molecule has 1 aromatic heterocycles. The lowest BCUT2D eigenvalue weighted by molar-refractivity contribution is 0.163. The Hall–Kier alpha value is -0.490.